The summed E-state index contributed by atoms with van der Waals surface area (Å²) in [5.41, 5.74) is -0.499. The van der Waals surface area contributed by atoms with E-state index >= 15 is 0 Å². The molecule has 5 nitrogen and oxygen atoms in total. The van der Waals surface area contributed by atoms with Crippen LogP contribution in [0.2, 0.25) is 0 Å². The summed E-state index contributed by atoms with van der Waals surface area (Å²) in [6.45, 7) is 1.56. The molecule has 0 unspecified atom stereocenters. The van der Waals surface area contributed by atoms with E-state index < -0.39 is 21.4 Å². The van der Waals surface area contributed by atoms with Gasteiger partial charge in [-0.3, -0.25) is 0 Å². The molecule has 0 aliphatic heterocycles. The van der Waals surface area contributed by atoms with Crippen LogP contribution in [0.1, 0.15) is 18.9 Å². The van der Waals surface area contributed by atoms with Crippen molar-refractivity contribution in [2.75, 3.05) is 19.7 Å². The number of halogens is 1. The number of rotatable bonds is 6. The van der Waals surface area contributed by atoms with Crippen LogP contribution < -0.4 is 0 Å². The molecule has 104 valence electrons. The fraction of sp³-hybridized carbons (Fsp3) is 0.417. The molecule has 0 aliphatic rings. The third kappa shape index (κ3) is 3.29. The summed E-state index contributed by atoms with van der Waals surface area (Å²) in [6.07, 6.45) is 0.552. The minimum atomic E-state index is -3.98. The Morgan fingerprint density at radius 1 is 1.42 bits per heavy atom. The van der Waals surface area contributed by atoms with Gasteiger partial charge in [0.05, 0.1) is 6.61 Å². The normalized spacial score (nSPS) is 11.5. The Balaban J connectivity index is 3.34. The number of aliphatic hydroxyl groups excluding tert-OH is 1. The average Bonchev–Trinajstić information content (AvgIpc) is 2.38. The zero-order valence-corrected chi connectivity index (χ0v) is 11.3. The van der Waals surface area contributed by atoms with Crippen molar-refractivity contribution in [3.05, 3.63) is 29.6 Å². The fourth-order valence-corrected chi connectivity index (χ4v) is 3.35. The number of hydrogen-bond acceptors (Lipinski definition) is 4. The Kier molecular flexibility index (Phi) is 5.42. The van der Waals surface area contributed by atoms with Crippen molar-refractivity contribution in [2.45, 2.75) is 18.2 Å². The maximum Gasteiger partial charge on any atom is 0.244 e. The summed E-state index contributed by atoms with van der Waals surface area (Å²) < 4.78 is 39.2. The molecular weight excluding hydrogens is 271 g/mol. The summed E-state index contributed by atoms with van der Waals surface area (Å²) in [4.78, 5) is -0.364. The molecule has 0 radical (unpaired) electrons. The number of sulfonamides is 1. The van der Waals surface area contributed by atoms with Gasteiger partial charge in [-0.25, -0.2) is 12.8 Å². The molecule has 1 aromatic rings. The number of aliphatic hydroxyl groups is 1. The summed E-state index contributed by atoms with van der Waals surface area (Å²) in [5, 5.41) is 17.8. The molecule has 0 spiro atoms. The second-order valence-electron chi connectivity index (χ2n) is 3.85. The number of nitrogens with zero attached hydrogens (tertiary/aromatic N) is 2. The first-order valence-electron chi connectivity index (χ1n) is 5.78. The predicted octanol–water partition coefficient (Wildman–Crippen LogP) is 1.09. The third-order valence-electron chi connectivity index (χ3n) is 2.53. The topological polar surface area (TPSA) is 81.4 Å². The van der Waals surface area contributed by atoms with E-state index in [0.29, 0.717) is 6.42 Å². The second kappa shape index (κ2) is 6.61. The molecule has 0 aromatic heterocycles. The minimum absolute atomic E-state index is 0.0858. The quantitative estimate of drug-likeness (QED) is 0.848. The number of nitriles is 1. The van der Waals surface area contributed by atoms with Gasteiger partial charge < -0.3 is 5.11 Å². The van der Waals surface area contributed by atoms with Crippen molar-refractivity contribution in [3.8, 4) is 6.07 Å². The van der Waals surface area contributed by atoms with Gasteiger partial charge in [0.15, 0.2) is 0 Å². The Labute approximate surface area is 111 Å². The monoisotopic (exact) mass is 286 g/mol. The minimum Gasteiger partial charge on any atom is -0.395 e. The lowest BCUT2D eigenvalue weighted by Gasteiger charge is -2.21. The van der Waals surface area contributed by atoms with E-state index in [9.17, 15) is 12.8 Å². The molecule has 7 heteroatoms. The molecule has 0 aliphatic carbocycles. The lowest BCUT2D eigenvalue weighted by molar-refractivity contribution is 0.253. The third-order valence-corrected chi connectivity index (χ3v) is 4.47. The van der Waals surface area contributed by atoms with Crippen LogP contribution in [0.5, 0.6) is 0 Å². The first kappa shape index (κ1) is 15.6. The molecule has 0 saturated heterocycles. The zero-order chi connectivity index (χ0) is 14.5. The lowest BCUT2D eigenvalue weighted by atomic mass is 10.2. The van der Waals surface area contributed by atoms with Crippen LogP contribution in [0.15, 0.2) is 23.1 Å². The van der Waals surface area contributed by atoms with Gasteiger partial charge in [0.1, 0.15) is 22.3 Å². The maximum atomic E-state index is 13.5. The van der Waals surface area contributed by atoms with Crippen LogP contribution in [0.3, 0.4) is 0 Å². The van der Waals surface area contributed by atoms with E-state index in [1.165, 1.54) is 12.1 Å². The van der Waals surface area contributed by atoms with E-state index in [1.54, 1.807) is 13.0 Å². The Bertz CT molecular complexity index is 575. The van der Waals surface area contributed by atoms with E-state index in [1.807, 2.05) is 0 Å². The molecule has 1 rings (SSSR count). The second-order valence-corrected chi connectivity index (χ2v) is 5.76. The average molecular weight is 286 g/mol. The molecule has 1 N–H and O–H groups in total. The van der Waals surface area contributed by atoms with Crippen molar-refractivity contribution < 1.29 is 17.9 Å². The van der Waals surface area contributed by atoms with E-state index in [0.717, 1.165) is 10.4 Å². The van der Waals surface area contributed by atoms with Gasteiger partial charge in [-0.05, 0) is 18.6 Å². The maximum absolute atomic E-state index is 13.5. The predicted molar refractivity (Wildman–Crippen MR) is 67.3 cm³/mol. The summed E-state index contributed by atoms with van der Waals surface area (Å²) >= 11 is 0. The standard InChI is InChI=1S/C12H15FN2O3S/c1-2-6-15(7-8-16)19(17,18)12-5-3-4-11(13)10(12)9-14/h3-5,16H,2,6-8H2,1H3. The lowest BCUT2D eigenvalue weighted by Crippen LogP contribution is -2.34. The highest BCUT2D eigenvalue weighted by molar-refractivity contribution is 7.89. The fourth-order valence-electron chi connectivity index (χ4n) is 1.68. The molecule has 1 aromatic carbocycles. The molecule has 0 heterocycles. The van der Waals surface area contributed by atoms with Gasteiger partial charge in [0.2, 0.25) is 10.0 Å². The molecular formula is C12H15FN2O3S. The van der Waals surface area contributed by atoms with Gasteiger partial charge in [-0.15, -0.1) is 0 Å². The van der Waals surface area contributed by atoms with Gasteiger partial charge in [-0.2, -0.15) is 9.57 Å². The van der Waals surface area contributed by atoms with Crippen molar-refractivity contribution >= 4 is 10.0 Å². The zero-order valence-electron chi connectivity index (χ0n) is 10.5. The van der Waals surface area contributed by atoms with Crippen molar-refractivity contribution in [1.29, 1.82) is 5.26 Å². The van der Waals surface area contributed by atoms with Crippen molar-refractivity contribution in [2.24, 2.45) is 0 Å². The first-order valence-corrected chi connectivity index (χ1v) is 7.22. The van der Waals surface area contributed by atoms with Gasteiger partial charge in [0, 0.05) is 13.1 Å². The smallest absolute Gasteiger partial charge is 0.244 e. The van der Waals surface area contributed by atoms with E-state index in [4.69, 9.17) is 10.4 Å². The molecule has 0 amide bonds. The first-order chi connectivity index (χ1) is 8.98. The highest BCUT2D eigenvalue weighted by Gasteiger charge is 2.27. The molecule has 0 saturated carbocycles. The van der Waals surface area contributed by atoms with Crippen LogP contribution in [0.25, 0.3) is 0 Å². The Hall–Kier alpha value is -1.49. The summed E-state index contributed by atoms with van der Waals surface area (Å²) in [6, 6.07) is 5.03. The van der Waals surface area contributed by atoms with Gasteiger partial charge in [-0.1, -0.05) is 13.0 Å². The van der Waals surface area contributed by atoms with Gasteiger partial charge in [0.25, 0.3) is 0 Å². The molecule has 0 bridgehead atoms. The summed E-state index contributed by atoms with van der Waals surface area (Å²) in [7, 11) is -3.98. The SMILES string of the molecule is CCCN(CCO)S(=O)(=O)c1cccc(F)c1C#N. The van der Waals surface area contributed by atoms with Crippen LogP contribution >= 0.6 is 0 Å². The van der Waals surface area contributed by atoms with Crippen LogP contribution in [0.4, 0.5) is 4.39 Å². The molecule has 19 heavy (non-hydrogen) atoms. The van der Waals surface area contributed by atoms with Crippen molar-refractivity contribution in [1.82, 2.24) is 4.31 Å². The van der Waals surface area contributed by atoms with Crippen molar-refractivity contribution in [3.63, 3.8) is 0 Å². The number of hydrogen-bond donors (Lipinski definition) is 1. The Morgan fingerprint density at radius 3 is 2.63 bits per heavy atom. The van der Waals surface area contributed by atoms with Gasteiger partial charge >= 0.3 is 0 Å². The van der Waals surface area contributed by atoms with Crippen LogP contribution in [0, 0.1) is 17.1 Å². The van der Waals surface area contributed by atoms with E-state index in [-0.39, 0.29) is 24.6 Å². The van der Waals surface area contributed by atoms with Crippen LogP contribution in [-0.2, 0) is 10.0 Å². The highest BCUT2D eigenvalue weighted by Crippen LogP contribution is 2.22. The largest absolute Gasteiger partial charge is 0.395 e. The molecule has 0 fully saturated rings. The summed E-state index contributed by atoms with van der Waals surface area (Å²) in [5.74, 6) is -0.871. The highest BCUT2D eigenvalue weighted by atomic mass is 32.2. The van der Waals surface area contributed by atoms with E-state index in [2.05, 4.69) is 0 Å². The van der Waals surface area contributed by atoms with Crippen LogP contribution in [-0.4, -0.2) is 37.5 Å². The number of benzene rings is 1. The molecule has 0 atom stereocenters. The Morgan fingerprint density at radius 2 is 2.11 bits per heavy atom.